The highest BCUT2D eigenvalue weighted by atomic mass is 16.3. The maximum absolute atomic E-state index is 14.1. The Bertz CT molecular complexity index is 1650. The summed E-state index contributed by atoms with van der Waals surface area (Å²) in [6.45, 7) is 0. The molecule has 8 N–H and O–H groups in total. The van der Waals surface area contributed by atoms with Gasteiger partial charge >= 0.3 is 6.03 Å². The quantitative estimate of drug-likeness (QED) is 0.176. The number of hydrogen-bond acceptors (Lipinski definition) is 11. The van der Waals surface area contributed by atoms with E-state index in [4.69, 9.17) is 5.73 Å². The number of ketones is 2. The van der Waals surface area contributed by atoms with Crippen LogP contribution < -0.4 is 21.3 Å². The molecule has 2 aromatic rings. The molecule has 0 aliphatic heterocycles. The molecule has 2 unspecified atom stereocenters. The molecule has 14 nitrogen and oxygen atoms in total. The van der Waals surface area contributed by atoms with Crippen molar-refractivity contribution in [2.24, 2.45) is 23.5 Å². The number of aliphatic hydroxyl groups is 3. The Kier molecular flexibility index (Phi) is 7.93. The zero-order valence-corrected chi connectivity index (χ0v) is 25.1. The van der Waals surface area contributed by atoms with Crippen LogP contribution in [-0.2, 0) is 20.8 Å². The standard InChI is InChI=1S/C31H35N5O9/c1-35(2)18-12-17(33-30(44)34-29(43)13-8-6-5-7-9-13)23(37)20-15(18)10-14-11-16-22(36(3)4)25(39)21(28(32)42)27(41)31(16,45)26(40)19(14)24(20)38/h5-9,12,14,16,21-22,25,37-39,45H,10-11H2,1-4H3,(H2,32,42)(H2,33,34,43,44)/t14-,16-,21?,22-,25?,31-/m1/s1. The van der Waals surface area contributed by atoms with Gasteiger partial charge in [-0.05, 0) is 56.6 Å². The van der Waals surface area contributed by atoms with Crippen molar-refractivity contribution in [3.63, 3.8) is 0 Å². The third-order valence-electron chi connectivity index (χ3n) is 9.06. The number of nitrogens with one attached hydrogen (secondary N) is 2. The lowest BCUT2D eigenvalue weighted by molar-refractivity contribution is -0.184. The van der Waals surface area contributed by atoms with Gasteiger partial charge in [0, 0.05) is 42.9 Å². The SMILES string of the molecule is CN(C)c1cc(NC(=O)NC(=O)c2ccccc2)c(O)c2c1C[C@@H]1C[C@@H]3[C@@H](N(C)C)C(O)C(C(N)=O)C(=O)[C@]3(O)C(=O)C1=C2O. The molecule has 0 spiro atoms. The number of phenols is 1. The fourth-order valence-electron chi connectivity index (χ4n) is 7.07. The van der Waals surface area contributed by atoms with Crippen molar-refractivity contribution < 1.29 is 44.4 Å². The van der Waals surface area contributed by atoms with Crippen molar-refractivity contribution in [3.8, 4) is 5.75 Å². The van der Waals surface area contributed by atoms with E-state index in [1.54, 1.807) is 51.3 Å². The van der Waals surface area contributed by atoms with Gasteiger partial charge in [0.15, 0.2) is 17.1 Å². The number of urea groups is 1. The number of phenolic OH excluding ortho intramolecular Hbond substituents is 1. The maximum atomic E-state index is 14.1. The molecule has 2 fully saturated rings. The topological polar surface area (TPSA) is 223 Å². The summed E-state index contributed by atoms with van der Waals surface area (Å²) >= 11 is 0. The highest BCUT2D eigenvalue weighted by molar-refractivity contribution is 6.25. The van der Waals surface area contributed by atoms with Crippen LogP contribution in [0.2, 0.25) is 0 Å². The molecule has 6 atom stereocenters. The van der Waals surface area contributed by atoms with Gasteiger partial charge in [0.25, 0.3) is 5.91 Å². The van der Waals surface area contributed by atoms with E-state index in [0.29, 0.717) is 11.3 Å². The number of hydrogen-bond donors (Lipinski definition) is 7. The Morgan fingerprint density at radius 2 is 1.69 bits per heavy atom. The minimum atomic E-state index is -2.79. The minimum Gasteiger partial charge on any atom is -0.507 e. The Hall–Kier alpha value is -4.79. The molecule has 238 valence electrons. The lowest BCUT2D eigenvalue weighted by atomic mass is 9.54. The molecular formula is C31H35N5O9. The summed E-state index contributed by atoms with van der Waals surface area (Å²) in [7, 11) is 6.54. The first kappa shape index (κ1) is 31.6. The predicted octanol–water partition coefficient (Wildman–Crippen LogP) is 0.157. The van der Waals surface area contributed by atoms with E-state index in [1.165, 1.54) is 23.1 Å². The van der Waals surface area contributed by atoms with E-state index in [0.717, 1.165) is 0 Å². The van der Waals surface area contributed by atoms with Crippen molar-refractivity contribution in [1.29, 1.82) is 0 Å². The Morgan fingerprint density at radius 1 is 1.04 bits per heavy atom. The first-order valence-electron chi connectivity index (χ1n) is 14.2. The highest BCUT2D eigenvalue weighted by Crippen LogP contribution is 2.54. The number of aliphatic hydroxyl groups excluding tert-OH is 2. The molecule has 3 aliphatic rings. The van der Waals surface area contributed by atoms with Crippen molar-refractivity contribution >= 4 is 46.5 Å². The third kappa shape index (κ3) is 4.90. The number of nitrogens with zero attached hydrogens (tertiary/aromatic N) is 2. The van der Waals surface area contributed by atoms with Crippen LogP contribution in [-0.4, -0.2) is 101 Å². The summed E-state index contributed by atoms with van der Waals surface area (Å²) < 4.78 is 0. The molecular weight excluding hydrogens is 586 g/mol. The zero-order valence-electron chi connectivity index (χ0n) is 25.1. The number of aromatic hydroxyl groups is 1. The second-order valence-corrected chi connectivity index (χ2v) is 12.1. The Balaban J connectivity index is 1.59. The predicted molar refractivity (Wildman–Crippen MR) is 161 cm³/mol. The van der Waals surface area contributed by atoms with Crippen LogP contribution in [0.15, 0.2) is 42.0 Å². The normalized spacial score (nSPS) is 27.3. The number of amides is 4. The first-order valence-corrected chi connectivity index (χ1v) is 14.2. The largest absolute Gasteiger partial charge is 0.507 e. The number of carbonyl (C=O) groups is 5. The first-order chi connectivity index (χ1) is 21.1. The van der Waals surface area contributed by atoms with Crippen LogP contribution in [0.1, 0.15) is 27.9 Å². The second-order valence-electron chi connectivity index (χ2n) is 12.1. The Morgan fingerprint density at radius 3 is 2.27 bits per heavy atom. The van der Waals surface area contributed by atoms with Gasteiger partial charge in [0.2, 0.25) is 11.7 Å². The van der Waals surface area contributed by atoms with Crippen LogP contribution in [0, 0.1) is 17.8 Å². The number of nitrogens with two attached hydrogens (primary N) is 1. The van der Waals surface area contributed by atoms with Gasteiger partial charge in [0.05, 0.1) is 17.4 Å². The molecule has 0 heterocycles. The minimum absolute atomic E-state index is 0.0319. The summed E-state index contributed by atoms with van der Waals surface area (Å²) in [5.41, 5.74) is 3.01. The number of imide groups is 1. The molecule has 2 aromatic carbocycles. The molecule has 5 rings (SSSR count). The van der Waals surface area contributed by atoms with Crippen LogP contribution in [0.5, 0.6) is 5.75 Å². The monoisotopic (exact) mass is 621 g/mol. The van der Waals surface area contributed by atoms with Crippen LogP contribution in [0.3, 0.4) is 0 Å². The van der Waals surface area contributed by atoms with Gasteiger partial charge in [0.1, 0.15) is 11.7 Å². The molecule has 45 heavy (non-hydrogen) atoms. The molecule has 0 saturated heterocycles. The van der Waals surface area contributed by atoms with E-state index in [1.807, 2.05) is 0 Å². The number of anilines is 2. The highest BCUT2D eigenvalue weighted by Gasteiger charge is 2.67. The maximum Gasteiger partial charge on any atom is 0.326 e. The summed E-state index contributed by atoms with van der Waals surface area (Å²) in [6, 6.07) is 7.43. The van der Waals surface area contributed by atoms with Crippen molar-refractivity contribution in [2.75, 3.05) is 38.4 Å². The van der Waals surface area contributed by atoms with Crippen LogP contribution in [0.25, 0.3) is 5.76 Å². The smallest absolute Gasteiger partial charge is 0.326 e. The summed E-state index contributed by atoms with van der Waals surface area (Å²) in [5.74, 6) is -9.41. The van der Waals surface area contributed by atoms with E-state index < -0.39 is 76.4 Å². The third-order valence-corrected chi connectivity index (χ3v) is 9.06. The number of Topliss-reactive ketones (excluding diaryl/α,β-unsaturated/α-hetero) is 2. The van der Waals surface area contributed by atoms with Crippen LogP contribution in [0.4, 0.5) is 16.2 Å². The fourth-order valence-corrected chi connectivity index (χ4v) is 7.07. The number of carbonyl (C=O) groups excluding carboxylic acids is 5. The van der Waals surface area contributed by atoms with Gasteiger partial charge < -0.3 is 41.3 Å². The fraction of sp³-hybridized carbons (Fsp3) is 0.387. The number of likely N-dealkylation sites (N-methyl/N-ethyl adjacent to an activating group) is 1. The van der Waals surface area contributed by atoms with Crippen molar-refractivity contribution in [2.45, 2.75) is 30.6 Å². The van der Waals surface area contributed by atoms with Gasteiger partial charge in [-0.3, -0.25) is 24.5 Å². The van der Waals surface area contributed by atoms with Crippen molar-refractivity contribution in [1.82, 2.24) is 10.2 Å². The average molecular weight is 622 g/mol. The molecule has 2 saturated carbocycles. The van der Waals surface area contributed by atoms with Crippen LogP contribution >= 0.6 is 0 Å². The Labute approximate surface area is 258 Å². The summed E-state index contributed by atoms with van der Waals surface area (Å²) in [6.07, 6.45) is -1.54. The van der Waals surface area contributed by atoms with Gasteiger partial charge in [-0.2, -0.15) is 0 Å². The second kappa shape index (κ2) is 11.3. The van der Waals surface area contributed by atoms with E-state index >= 15 is 0 Å². The zero-order chi connectivity index (χ0) is 33.1. The van der Waals surface area contributed by atoms with E-state index in [9.17, 15) is 44.4 Å². The lowest BCUT2D eigenvalue weighted by Crippen LogP contribution is -2.73. The number of fused-ring (bicyclic) bond motifs is 3. The summed E-state index contributed by atoms with van der Waals surface area (Å²) in [4.78, 5) is 68.3. The molecule has 4 amide bonds. The number of rotatable bonds is 5. The van der Waals surface area contributed by atoms with Gasteiger partial charge in [-0.25, -0.2) is 4.79 Å². The average Bonchev–Trinajstić information content (AvgIpc) is 2.96. The van der Waals surface area contributed by atoms with Gasteiger partial charge in [-0.15, -0.1) is 0 Å². The number of benzene rings is 2. The van der Waals surface area contributed by atoms with Crippen molar-refractivity contribution in [3.05, 3.63) is 58.7 Å². The lowest BCUT2D eigenvalue weighted by Gasteiger charge is -2.53. The van der Waals surface area contributed by atoms with Gasteiger partial charge in [-0.1, -0.05) is 18.2 Å². The number of primary amides is 1. The molecule has 3 aliphatic carbocycles. The van der Waals surface area contributed by atoms with E-state index in [2.05, 4.69) is 10.6 Å². The molecule has 14 heteroatoms. The molecule has 0 bridgehead atoms. The molecule has 0 radical (unpaired) electrons. The van der Waals surface area contributed by atoms with E-state index in [-0.39, 0.29) is 35.2 Å². The molecule has 0 aromatic heterocycles. The summed E-state index contributed by atoms with van der Waals surface area (Å²) in [5, 5.41) is 50.3.